The summed E-state index contributed by atoms with van der Waals surface area (Å²) in [6, 6.07) is 18.3. The molecule has 0 fully saturated rings. The lowest BCUT2D eigenvalue weighted by atomic mass is 10.1. The predicted octanol–water partition coefficient (Wildman–Crippen LogP) is 4.42. The molecule has 5 nitrogen and oxygen atoms in total. The molecule has 0 unspecified atom stereocenters. The van der Waals surface area contributed by atoms with E-state index in [1.54, 1.807) is 24.4 Å². The number of rotatable bonds is 4. The van der Waals surface area contributed by atoms with Gasteiger partial charge in [-0.3, -0.25) is 4.79 Å². The molecule has 1 amide bonds. The molecule has 0 saturated carbocycles. The second kappa shape index (κ2) is 7.14. The maximum Gasteiger partial charge on any atom is 0.255 e. The van der Waals surface area contributed by atoms with E-state index in [4.69, 9.17) is 5.73 Å². The molecule has 0 saturated heterocycles. The van der Waals surface area contributed by atoms with Crippen LogP contribution in [0.3, 0.4) is 0 Å². The summed E-state index contributed by atoms with van der Waals surface area (Å²) in [5, 5.41) is 6.06. The van der Waals surface area contributed by atoms with Crippen molar-refractivity contribution >= 4 is 44.6 Å². The van der Waals surface area contributed by atoms with E-state index in [1.165, 1.54) is 0 Å². The number of hydrogen-bond acceptors (Lipinski definition) is 4. The summed E-state index contributed by atoms with van der Waals surface area (Å²) >= 11 is 3.31. The monoisotopic (exact) mass is 382 g/mol. The first-order chi connectivity index (χ1) is 11.6. The number of nitrogens with two attached hydrogens (primary N) is 1. The first-order valence-corrected chi connectivity index (χ1v) is 8.05. The van der Waals surface area contributed by atoms with Crippen molar-refractivity contribution in [1.29, 1.82) is 0 Å². The highest BCUT2D eigenvalue weighted by Gasteiger charge is 2.08. The number of nitrogens with one attached hydrogen (secondary N) is 2. The van der Waals surface area contributed by atoms with Gasteiger partial charge in [0.05, 0.1) is 17.6 Å². The van der Waals surface area contributed by atoms with Gasteiger partial charge >= 0.3 is 0 Å². The Morgan fingerprint density at radius 3 is 2.54 bits per heavy atom. The molecule has 0 aliphatic carbocycles. The van der Waals surface area contributed by atoms with Crippen molar-refractivity contribution in [2.75, 3.05) is 16.4 Å². The third kappa shape index (κ3) is 3.91. The Bertz CT molecular complexity index is 868. The third-order valence-corrected chi connectivity index (χ3v) is 3.77. The van der Waals surface area contributed by atoms with E-state index in [9.17, 15) is 4.79 Å². The molecule has 0 bridgehead atoms. The lowest BCUT2D eigenvalue weighted by molar-refractivity contribution is 0.102. The average Bonchev–Trinajstić information content (AvgIpc) is 2.59. The molecule has 6 heteroatoms. The highest BCUT2D eigenvalue weighted by molar-refractivity contribution is 9.10. The number of para-hydroxylation sites is 1. The summed E-state index contributed by atoms with van der Waals surface area (Å²) in [6.45, 7) is 0. The van der Waals surface area contributed by atoms with Crippen LogP contribution in [0.25, 0.3) is 0 Å². The number of pyridine rings is 1. The van der Waals surface area contributed by atoms with E-state index < -0.39 is 0 Å². The number of carbonyl (C=O) groups is 1. The van der Waals surface area contributed by atoms with Crippen molar-refractivity contribution in [3.8, 4) is 0 Å². The molecular formula is C18H15BrN4O. The second-order valence-corrected chi connectivity index (χ2v) is 5.93. The van der Waals surface area contributed by atoms with E-state index in [2.05, 4.69) is 31.5 Å². The fourth-order valence-electron chi connectivity index (χ4n) is 2.17. The number of anilines is 4. The molecule has 0 radical (unpaired) electrons. The van der Waals surface area contributed by atoms with Crippen LogP contribution in [0, 0.1) is 0 Å². The average molecular weight is 383 g/mol. The number of carbonyl (C=O) groups excluding carboxylic acids is 1. The molecule has 0 aliphatic heterocycles. The van der Waals surface area contributed by atoms with Crippen LogP contribution in [0.15, 0.2) is 71.5 Å². The number of aromatic nitrogens is 1. The van der Waals surface area contributed by atoms with Gasteiger partial charge in [-0.05, 0) is 52.3 Å². The van der Waals surface area contributed by atoms with Crippen LogP contribution < -0.4 is 16.4 Å². The van der Waals surface area contributed by atoms with Crippen LogP contribution in [-0.4, -0.2) is 10.9 Å². The zero-order valence-electron chi connectivity index (χ0n) is 12.7. The van der Waals surface area contributed by atoms with Crippen LogP contribution in [-0.2, 0) is 0 Å². The van der Waals surface area contributed by atoms with Crippen molar-refractivity contribution in [2.45, 2.75) is 0 Å². The maximum absolute atomic E-state index is 12.4. The Balaban J connectivity index is 1.79. The SMILES string of the molecule is Nc1cnc(Br)cc1Nc1cccc(C(=O)Nc2ccccc2)c1. The number of nitrogens with zero attached hydrogens (tertiary/aromatic N) is 1. The van der Waals surface area contributed by atoms with Gasteiger partial charge in [-0.1, -0.05) is 24.3 Å². The molecule has 0 aliphatic rings. The number of amides is 1. The van der Waals surface area contributed by atoms with Gasteiger partial charge in [0.25, 0.3) is 5.91 Å². The van der Waals surface area contributed by atoms with E-state index in [0.29, 0.717) is 15.9 Å². The Morgan fingerprint density at radius 1 is 1.00 bits per heavy atom. The minimum absolute atomic E-state index is 0.172. The lowest BCUT2D eigenvalue weighted by Crippen LogP contribution is -2.12. The summed E-state index contributed by atoms with van der Waals surface area (Å²) in [4.78, 5) is 16.4. The second-order valence-electron chi connectivity index (χ2n) is 5.12. The highest BCUT2D eigenvalue weighted by Crippen LogP contribution is 2.25. The molecule has 24 heavy (non-hydrogen) atoms. The van der Waals surface area contributed by atoms with Gasteiger partial charge in [0.2, 0.25) is 0 Å². The van der Waals surface area contributed by atoms with E-state index >= 15 is 0 Å². The fourth-order valence-corrected chi connectivity index (χ4v) is 2.50. The Hall–Kier alpha value is -2.86. The Labute approximate surface area is 148 Å². The third-order valence-electron chi connectivity index (χ3n) is 3.34. The van der Waals surface area contributed by atoms with Gasteiger partial charge in [-0.25, -0.2) is 4.98 Å². The summed E-state index contributed by atoms with van der Waals surface area (Å²) in [5.74, 6) is -0.172. The summed E-state index contributed by atoms with van der Waals surface area (Å²) in [7, 11) is 0. The van der Waals surface area contributed by atoms with Crippen molar-refractivity contribution < 1.29 is 4.79 Å². The van der Waals surface area contributed by atoms with Gasteiger partial charge in [-0.2, -0.15) is 0 Å². The molecular weight excluding hydrogens is 368 g/mol. The molecule has 120 valence electrons. The maximum atomic E-state index is 12.4. The molecule has 1 heterocycles. The predicted molar refractivity (Wildman–Crippen MR) is 100 cm³/mol. The highest BCUT2D eigenvalue weighted by atomic mass is 79.9. The Kier molecular flexibility index (Phi) is 4.77. The van der Waals surface area contributed by atoms with Gasteiger partial charge < -0.3 is 16.4 Å². The molecule has 0 atom stereocenters. The number of hydrogen-bond donors (Lipinski definition) is 3. The van der Waals surface area contributed by atoms with Gasteiger partial charge in [-0.15, -0.1) is 0 Å². The summed E-state index contributed by atoms with van der Waals surface area (Å²) in [6.07, 6.45) is 1.57. The van der Waals surface area contributed by atoms with Crippen LogP contribution >= 0.6 is 15.9 Å². The molecule has 4 N–H and O–H groups in total. The normalized spacial score (nSPS) is 10.2. The van der Waals surface area contributed by atoms with Crippen molar-refractivity contribution in [1.82, 2.24) is 4.98 Å². The van der Waals surface area contributed by atoms with Crippen molar-refractivity contribution in [3.05, 3.63) is 77.0 Å². The Morgan fingerprint density at radius 2 is 1.75 bits per heavy atom. The minimum Gasteiger partial charge on any atom is -0.396 e. The number of benzene rings is 2. The van der Waals surface area contributed by atoms with E-state index in [-0.39, 0.29) is 5.91 Å². The van der Waals surface area contributed by atoms with Gasteiger partial charge in [0, 0.05) is 16.9 Å². The zero-order valence-corrected chi connectivity index (χ0v) is 14.2. The zero-order chi connectivity index (χ0) is 16.9. The van der Waals surface area contributed by atoms with Crippen LogP contribution in [0.2, 0.25) is 0 Å². The standard InChI is InChI=1S/C18H15BrN4O/c19-17-10-16(15(20)11-21-17)22-14-8-4-5-12(9-14)18(24)23-13-6-2-1-3-7-13/h1-11H,20H2,(H,21,22)(H,23,24). The number of nitrogen functional groups attached to an aromatic ring is 1. The quantitative estimate of drug-likeness (QED) is 0.583. The first-order valence-electron chi connectivity index (χ1n) is 7.26. The largest absolute Gasteiger partial charge is 0.396 e. The molecule has 2 aromatic carbocycles. The topological polar surface area (TPSA) is 80.0 Å². The van der Waals surface area contributed by atoms with Crippen molar-refractivity contribution in [2.24, 2.45) is 0 Å². The minimum atomic E-state index is -0.172. The van der Waals surface area contributed by atoms with E-state index in [1.807, 2.05) is 42.5 Å². The number of halogens is 1. The molecule has 0 spiro atoms. The molecule has 3 aromatic rings. The smallest absolute Gasteiger partial charge is 0.255 e. The van der Waals surface area contributed by atoms with Crippen LogP contribution in [0.1, 0.15) is 10.4 Å². The van der Waals surface area contributed by atoms with Crippen molar-refractivity contribution in [3.63, 3.8) is 0 Å². The van der Waals surface area contributed by atoms with Crippen LogP contribution in [0.5, 0.6) is 0 Å². The van der Waals surface area contributed by atoms with Gasteiger partial charge in [0.1, 0.15) is 4.60 Å². The van der Waals surface area contributed by atoms with Crippen LogP contribution in [0.4, 0.5) is 22.7 Å². The van der Waals surface area contributed by atoms with Gasteiger partial charge in [0.15, 0.2) is 0 Å². The molecule has 3 rings (SSSR count). The fraction of sp³-hybridized carbons (Fsp3) is 0. The molecule has 1 aromatic heterocycles. The summed E-state index contributed by atoms with van der Waals surface area (Å²) in [5.41, 5.74) is 9.23. The first kappa shape index (κ1) is 16.0. The summed E-state index contributed by atoms with van der Waals surface area (Å²) < 4.78 is 0.678. The lowest BCUT2D eigenvalue weighted by Gasteiger charge is -2.11. The van der Waals surface area contributed by atoms with E-state index in [0.717, 1.165) is 17.1 Å².